The summed E-state index contributed by atoms with van der Waals surface area (Å²) in [6.45, 7) is 4.09. The lowest BCUT2D eigenvalue weighted by molar-refractivity contribution is 0.0598. The van der Waals surface area contributed by atoms with Gasteiger partial charge in [0.1, 0.15) is 4.90 Å². The van der Waals surface area contributed by atoms with Crippen LogP contribution in [0.4, 0.5) is 3.89 Å². The molecule has 0 saturated heterocycles. The molecule has 0 atom stereocenters. The van der Waals surface area contributed by atoms with Gasteiger partial charge in [-0.2, -0.15) is 8.42 Å². The van der Waals surface area contributed by atoms with E-state index in [0.29, 0.717) is 6.29 Å². The Morgan fingerprint density at radius 1 is 1.16 bits per heavy atom. The van der Waals surface area contributed by atoms with Gasteiger partial charge in [-0.05, 0) is 37.5 Å². The molecule has 0 radical (unpaired) electrons. The van der Waals surface area contributed by atoms with E-state index in [2.05, 4.69) is 4.74 Å². The van der Waals surface area contributed by atoms with E-state index in [1.165, 1.54) is 20.8 Å². The van der Waals surface area contributed by atoms with Crippen molar-refractivity contribution in [3.05, 3.63) is 27.8 Å². The van der Waals surface area contributed by atoms with Gasteiger partial charge in [0.15, 0.2) is 6.29 Å². The van der Waals surface area contributed by atoms with Gasteiger partial charge in [-0.3, -0.25) is 4.79 Å². The van der Waals surface area contributed by atoms with Crippen molar-refractivity contribution in [2.45, 2.75) is 25.7 Å². The van der Waals surface area contributed by atoms with Crippen LogP contribution in [0.25, 0.3) is 0 Å². The molecule has 1 aromatic rings. The van der Waals surface area contributed by atoms with Gasteiger partial charge in [-0.25, -0.2) is 4.79 Å². The summed E-state index contributed by atoms with van der Waals surface area (Å²) in [6.07, 6.45) is 0.394. The van der Waals surface area contributed by atoms with Gasteiger partial charge in [0.05, 0.1) is 12.7 Å². The topological polar surface area (TPSA) is 77.5 Å². The zero-order valence-corrected chi connectivity index (χ0v) is 11.7. The van der Waals surface area contributed by atoms with Crippen molar-refractivity contribution in [2.24, 2.45) is 0 Å². The first-order valence-electron chi connectivity index (χ1n) is 5.28. The first-order chi connectivity index (χ1) is 8.66. The molecule has 0 aliphatic rings. The van der Waals surface area contributed by atoms with E-state index >= 15 is 0 Å². The number of ether oxygens (including phenoxy) is 1. The Morgan fingerprint density at radius 2 is 1.68 bits per heavy atom. The third-order valence-corrected chi connectivity index (χ3v) is 4.09. The van der Waals surface area contributed by atoms with E-state index in [-0.39, 0.29) is 27.8 Å². The quantitative estimate of drug-likeness (QED) is 0.482. The lowest BCUT2D eigenvalue weighted by atomic mass is 9.94. The lowest BCUT2D eigenvalue weighted by Crippen LogP contribution is -2.14. The van der Waals surface area contributed by atoms with E-state index < -0.39 is 21.1 Å². The summed E-state index contributed by atoms with van der Waals surface area (Å²) in [4.78, 5) is 22.0. The molecule has 0 heterocycles. The molecule has 5 nitrogen and oxygen atoms in total. The summed E-state index contributed by atoms with van der Waals surface area (Å²) in [7, 11) is -3.93. The Kier molecular flexibility index (Phi) is 4.09. The highest BCUT2D eigenvalue weighted by Gasteiger charge is 2.28. The van der Waals surface area contributed by atoms with Gasteiger partial charge in [0.25, 0.3) is 0 Å². The van der Waals surface area contributed by atoms with Crippen molar-refractivity contribution in [3.63, 3.8) is 0 Å². The number of aldehydes is 1. The van der Waals surface area contributed by atoms with Crippen LogP contribution in [0.3, 0.4) is 0 Å². The average Bonchev–Trinajstić information content (AvgIpc) is 2.26. The number of methoxy groups -OCH3 is 1. The van der Waals surface area contributed by atoms with Crippen LogP contribution in [0.15, 0.2) is 4.90 Å². The minimum atomic E-state index is -5.04. The average molecular weight is 288 g/mol. The molecule has 0 aliphatic heterocycles. The van der Waals surface area contributed by atoms with Crippen LogP contribution in [-0.2, 0) is 15.0 Å². The maximum Gasteiger partial charge on any atom is 0.338 e. The molecular weight excluding hydrogens is 275 g/mol. The van der Waals surface area contributed by atoms with Crippen LogP contribution >= 0.6 is 0 Å². The van der Waals surface area contributed by atoms with Crippen LogP contribution in [-0.4, -0.2) is 27.8 Å². The predicted octanol–water partition coefficient (Wildman–Crippen LogP) is 1.87. The summed E-state index contributed by atoms with van der Waals surface area (Å²) >= 11 is 0. The van der Waals surface area contributed by atoms with Gasteiger partial charge in [-0.1, -0.05) is 0 Å². The molecule has 0 fully saturated rings. The molecule has 19 heavy (non-hydrogen) atoms. The third-order valence-electron chi connectivity index (χ3n) is 2.99. The number of halogens is 1. The standard InChI is InChI=1S/C12H13FO5S/c1-6-9(5-14)7(2)11(19(13,16)17)8(3)10(6)12(15)18-4/h5H,1-4H3. The highest BCUT2D eigenvalue weighted by Crippen LogP contribution is 2.31. The van der Waals surface area contributed by atoms with Crippen LogP contribution in [0, 0.1) is 20.8 Å². The Balaban J connectivity index is 3.98. The third kappa shape index (κ3) is 2.51. The van der Waals surface area contributed by atoms with Crippen LogP contribution in [0.5, 0.6) is 0 Å². The molecule has 0 spiro atoms. The molecule has 0 amide bonds. The highest BCUT2D eigenvalue weighted by atomic mass is 32.3. The molecule has 7 heteroatoms. The van der Waals surface area contributed by atoms with Crippen LogP contribution < -0.4 is 0 Å². The fourth-order valence-electron chi connectivity index (χ4n) is 2.17. The number of esters is 1. The fourth-order valence-corrected chi connectivity index (χ4v) is 3.11. The molecule has 0 N–H and O–H groups in total. The smallest absolute Gasteiger partial charge is 0.338 e. The maximum atomic E-state index is 13.3. The number of carbonyl (C=O) groups excluding carboxylic acids is 2. The summed E-state index contributed by atoms with van der Waals surface area (Å²) in [5.74, 6) is -0.817. The second-order valence-corrected chi connectivity index (χ2v) is 5.32. The second kappa shape index (κ2) is 5.08. The molecule has 1 aromatic carbocycles. The predicted molar refractivity (Wildman–Crippen MR) is 65.7 cm³/mol. The van der Waals surface area contributed by atoms with E-state index in [0.717, 1.165) is 7.11 Å². The molecule has 104 valence electrons. The van der Waals surface area contributed by atoms with Gasteiger partial charge in [-0.15, -0.1) is 3.89 Å². The summed E-state index contributed by atoms with van der Waals surface area (Å²) in [5.41, 5.74) is 0.0630. The number of rotatable bonds is 3. The van der Waals surface area contributed by atoms with Crippen LogP contribution in [0.2, 0.25) is 0 Å². The summed E-state index contributed by atoms with van der Waals surface area (Å²) in [6, 6.07) is 0. The molecule has 0 aromatic heterocycles. The van der Waals surface area contributed by atoms with Gasteiger partial charge < -0.3 is 4.74 Å². The number of benzene rings is 1. The Morgan fingerprint density at radius 3 is 2.05 bits per heavy atom. The minimum Gasteiger partial charge on any atom is -0.465 e. The maximum absolute atomic E-state index is 13.3. The molecule has 0 aliphatic carbocycles. The van der Waals surface area contributed by atoms with Gasteiger partial charge >= 0.3 is 16.2 Å². The molecule has 0 unspecified atom stereocenters. The number of hydrogen-bond donors (Lipinski definition) is 0. The van der Waals surface area contributed by atoms with Gasteiger partial charge in [0, 0.05) is 5.56 Å². The Bertz CT molecular complexity index is 661. The van der Waals surface area contributed by atoms with Crippen LogP contribution in [0.1, 0.15) is 37.4 Å². The molecule has 1 rings (SSSR count). The summed E-state index contributed by atoms with van der Waals surface area (Å²) < 4.78 is 40.2. The molecule has 0 bridgehead atoms. The van der Waals surface area contributed by atoms with Crippen molar-refractivity contribution in [2.75, 3.05) is 7.11 Å². The Labute approximate surface area is 110 Å². The fraction of sp³-hybridized carbons (Fsp3) is 0.333. The van der Waals surface area contributed by atoms with E-state index in [9.17, 15) is 21.9 Å². The largest absolute Gasteiger partial charge is 0.465 e. The number of carbonyl (C=O) groups is 2. The van der Waals surface area contributed by atoms with Gasteiger partial charge in [0.2, 0.25) is 0 Å². The highest BCUT2D eigenvalue weighted by molar-refractivity contribution is 7.86. The second-order valence-electron chi connectivity index (χ2n) is 4.04. The molecule has 0 saturated carbocycles. The van der Waals surface area contributed by atoms with E-state index in [1.54, 1.807) is 0 Å². The van der Waals surface area contributed by atoms with Crippen molar-refractivity contribution in [1.82, 2.24) is 0 Å². The minimum absolute atomic E-state index is 0.0137. The Hall–Kier alpha value is -1.76. The van der Waals surface area contributed by atoms with Crippen molar-refractivity contribution in [3.8, 4) is 0 Å². The first-order valence-corrected chi connectivity index (χ1v) is 6.67. The van der Waals surface area contributed by atoms with E-state index in [4.69, 9.17) is 0 Å². The van der Waals surface area contributed by atoms with Crippen molar-refractivity contribution in [1.29, 1.82) is 0 Å². The SMILES string of the molecule is COC(=O)c1c(C)c(C=O)c(C)c(S(=O)(=O)F)c1C. The first kappa shape index (κ1) is 15.3. The lowest BCUT2D eigenvalue weighted by Gasteiger charge is -2.16. The zero-order valence-electron chi connectivity index (χ0n) is 10.9. The zero-order chi connectivity index (χ0) is 15.0. The van der Waals surface area contributed by atoms with Crippen molar-refractivity contribution < 1.29 is 26.6 Å². The number of hydrogen-bond acceptors (Lipinski definition) is 5. The normalized spacial score (nSPS) is 11.2. The van der Waals surface area contributed by atoms with Crippen molar-refractivity contribution >= 4 is 22.5 Å². The molecular formula is C12H13FO5S. The monoisotopic (exact) mass is 288 g/mol. The summed E-state index contributed by atoms with van der Waals surface area (Å²) in [5, 5.41) is 0. The van der Waals surface area contributed by atoms with E-state index in [1.807, 2.05) is 0 Å².